The van der Waals surface area contributed by atoms with Gasteiger partial charge in [0, 0.05) is 0 Å². The summed E-state index contributed by atoms with van der Waals surface area (Å²) in [5.74, 6) is 0. The van der Waals surface area contributed by atoms with Gasteiger partial charge in [-0.25, -0.2) is 0 Å². The third-order valence-electron chi connectivity index (χ3n) is 0. The molecule has 0 aliphatic rings. The van der Waals surface area contributed by atoms with Gasteiger partial charge >= 0.3 is 36.8 Å². The molecule has 0 radical (unpaired) electrons. The van der Waals surface area contributed by atoms with Gasteiger partial charge in [-0.15, -0.1) is 0 Å². The summed E-state index contributed by atoms with van der Waals surface area (Å²) in [6.07, 6.45) is 0. The van der Waals surface area contributed by atoms with Crippen LogP contribution in [0.3, 0.4) is 0 Å². The van der Waals surface area contributed by atoms with Gasteiger partial charge in [-0.1, -0.05) is 0 Å². The van der Waals surface area contributed by atoms with Crippen LogP contribution < -0.4 is 0 Å². The summed E-state index contributed by atoms with van der Waals surface area (Å²) in [6, 6.07) is 0. The topological polar surface area (TPSA) is 0 Å². The standard InChI is InChI=1S/F3Si.Li/c1-4(2)3;. The van der Waals surface area contributed by atoms with E-state index < -0.39 is 7.40 Å². The quantitative estimate of drug-likeness (QED) is 0.301. The van der Waals surface area contributed by atoms with E-state index in [-0.39, 0.29) is 0 Å². The molecule has 0 saturated carbocycles. The summed E-state index contributed by atoms with van der Waals surface area (Å²) in [6.45, 7) is 0. The van der Waals surface area contributed by atoms with Crippen molar-refractivity contribution in [3.63, 3.8) is 0 Å². The molecule has 0 unspecified atom stereocenters. The zero-order chi connectivity index (χ0) is 4.50. The van der Waals surface area contributed by atoms with Crippen LogP contribution in [-0.2, 0) is 0 Å². The molecule has 0 aliphatic heterocycles. The minimum atomic E-state index is -5.11. The SMILES string of the molecule is [Li][Si](F)(F)F. The molecule has 26 valence electrons. The first-order valence-corrected chi connectivity index (χ1v) is 3.20. The Hall–Kier alpha value is 0.604. The molecule has 0 aromatic carbocycles. The molecule has 0 amide bonds. The molecule has 0 N–H and O–H groups in total. The molecule has 0 aliphatic carbocycles. The first-order valence-electron chi connectivity index (χ1n) is 1.07. The van der Waals surface area contributed by atoms with Crippen LogP contribution >= 0.6 is 0 Å². The fourth-order valence-corrected chi connectivity index (χ4v) is 0. The Morgan fingerprint density at radius 3 is 1.20 bits per heavy atom. The average Bonchev–Trinajstić information content (AvgIpc) is 0.722. The third kappa shape index (κ3) is 85.5. The Kier molecular flexibility index (Phi) is 1.54. The molecular weight excluding hydrogens is 92.0 g/mol. The van der Waals surface area contributed by atoms with E-state index >= 15 is 0 Å². The van der Waals surface area contributed by atoms with Gasteiger partial charge in [0.2, 0.25) is 0 Å². The first kappa shape index (κ1) is 5.60. The number of rotatable bonds is 0. The van der Waals surface area contributed by atoms with Crippen molar-refractivity contribution >= 4 is 24.4 Å². The Labute approximate surface area is 37.4 Å². The van der Waals surface area contributed by atoms with Crippen LogP contribution in [0.15, 0.2) is 0 Å². The molecule has 0 fully saturated rings. The molecule has 5 heavy (non-hydrogen) atoms. The van der Waals surface area contributed by atoms with Crippen molar-refractivity contribution in [1.29, 1.82) is 0 Å². The second-order valence-corrected chi connectivity index (χ2v) is 2.34. The summed E-state index contributed by atoms with van der Waals surface area (Å²) in [4.78, 5) is 0. The molecule has 0 aromatic rings. The van der Waals surface area contributed by atoms with E-state index in [0.717, 1.165) is 0 Å². The van der Waals surface area contributed by atoms with Gasteiger partial charge in [-0.05, 0) is 0 Å². The van der Waals surface area contributed by atoms with Crippen molar-refractivity contribution in [3.05, 3.63) is 0 Å². The average molecular weight is 92.0 g/mol. The predicted molar refractivity (Wildman–Crippen MR) is 14.8 cm³/mol. The van der Waals surface area contributed by atoms with E-state index in [4.69, 9.17) is 0 Å². The van der Waals surface area contributed by atoms with Gasteiger partial charge in [-0.2, -0.15) is 0 Å². The summed E-state index contributed by atoms with van der Waals surface area (Å²) < 4.78 is 31.5. The number of halogens is 3. The Bertz CT molecular complexity index is 22.4. The van der Waals surface area contributed by atoms with Gasteiger partial charge in [0.25, 0.3) is 0 Å². The molecule has 0 heterocycles. The van der Waals surface area contributed by atoms with Crippen molar-refractivity contribution in [3.8, 4) is 0 Å². The zero-order valence-electron chi connectivity index (χ0n) is 2.63. The third-order valence-corrected chi connectivity index (χ3v) is 0. The molecule has 0 aromatic heterocycles. The first-order chi connectivity index (χ1) is 2.00. The molecule has 0 rings (SSSR count). The van der Waals surface area contributed by atoms with E-state index in [0.29, 0.717) is 17.0 Å². The number of hydrogen-bond donors (Lipinski definition) is 0. The summed E-state index contributed by atoms with van der Waals surface area (Å²) in [5, 5.41) is 0. The molecule has 0 atom stereocenters. The zero-order valence-corrected chi connectivity index (χ0v) is 3.63. The predicted octanol–water partition coefficient (Wildman–Crippen LogP) is 0.499. The fraction of sp³-hybridized carbons (Fsp3) is 0. The second kappa shape index (κ2) is 1.37. The maximum absolute atomic E-state index is 10.5. The normalized spacial score (nSPS) is 12.2. The molecule has 0 saturated heterocycles. The van der Waals surface area contributed by atoms with E-state index in [1.807, 2.05) is 0 Å². The Morgan fingerprint density at radius 2 is 1.20 bits per heavy atom. The van der Waals surface area contributed by atoms with Crippen LogP contribution in [0.25, 0.3) is 0 Å². The van der Waals surface area contributed by atoms with Gasteiger partial charge in [0.1, 0.15) is 0 Å². The van der Waals surface area contributed by atoms with Crippen LogP contribution in [0.2, 0.25) is 0 Å². The molecule has 0 bridgehead atoms. The molecule has 0 nitrogen and oxygen atoms in total. The summed E-state index contributed by atoms with van der Waals surface area (Å²) in [7, 11) is -5.11. The van der Waals surface area contributed by atoms with E-state index in [2.05, 4.69) is 0 Å². The van der Waals surface area contributed by atoms with Crippen molar-refractivity contribution in [2.24, 2.45) is 0 Å². The summed E-state index contributed by atoms with van der Waals surface area (Å²) >= 11 is 0.326. The Morgan fingerprint density at radius 1 is 1.20 bits per heavy atom. The molecule has 5 heteroatoms. The molecular formula is F3LiSi. The van der Waals surface area contributed by atoms with Crippen LogP contribution in [0.4, 0.5) is 12.3 Å². The van der Waals surface area contributed by atoms with Crippen molar-refractivity contribution in [1.82, 2.24) is 0 Å². The fourth-order valence-electron chi connectivity index (χ4n) is 0. The second-order valence-electron chi connectivity index (χ2n) is 0.781. The van der Waals surface area contributed by atoms with Crippen LogP contribution in [0.5, 0.6) is 0 Å². The monoisotopic (exact) mass is 92.0 g/mol. The van der Waals surface area contributed by atoms with Gasteiger partial charge in [0.15, 0.2) is 0 Å². The van der Waals surface area contributed by atoms with E-state index in [9.17, 15) is 12.3 Å². The van der Waals surface area contributed by atoms with Gasteiger partial charge in [-0.3, -0.25) is 0 Å². The van der Waals surface area contributed by atoms with Crippen molar-refractivity contribution in [2.45, 2.75) is 0 Å². The van der Waals surface area contributed by atoms with Crippen LogP contribution in [0, 0.1) is 0 Å². The van der Waals surface area contributed by atoms with Crippen molar-refractivity contribution < 1.29 is 12.3 Å². The number of hydrogen-bond acceptors (Lipinski definition) is 0. The van der Waals surface area contributed by atoms with E-state index in [1.165, 1.54) is 0 Å². The minimum absolute atomic E-state index is 0.326. The van der Waals surface area contributed by atoms with Crippen molar-refractivity contribution in [2.75, 3.05) is 0 Å². The van der Waals surface area contributed by atoms with E-state index in [1.54, 1.807) is 0 Å². The molecule has 0 spiro atoms. The maximum atomic E-state index is 10.5. The van der Waals surface area contributed by atoms with Crippen LogP contribution in [-0.4, -0.2) is 24.4 Å². The Balaban J connectivity index is 3.02. The van der Waals surface area contributed by atoms with Crippen LogP contribution in [0.1, 0.15) is 0 Å². The van der Waals surface area contributed by atoms with Gasteiger partial charge in [0.05, 0.1) is 0 Å². The summed E-state index contributed by atoms with van der Waals surface area (Å²) in [5.41, 5.74) is 0. The van der Waals surface area contributed by atoms with Gasteiger partial charge < -0.3 is 0 Å².